The van der Waals surface area contributed by atoms with E-state index in [4.69, 9.17) is 4.74 Å². The molecule has 0 saturated carbocycles. The van der Waals surface area contributed by atoms with E-state index in [1.54, 1.807) is 0 Å². The fourth-order valence-electron chi connectivity index (χ4n) is 1.64. The summed E-state index contributed by atoms with van der Waals surface area (Å²) >= 11 is 0. The van der Waals surface area contributed by atoms with E-state index >= 15 is 0 Å². The third-order valence-corrected chi connectivity index (χ3v) is 2.43. The van der Waals surface area contributed by atoms with Gasteiger partial charge in [-0.1, -0.05) is 12.1 Å². The first-order valence-electron chi connectivity index (χ1n) is 5.23. The maximum atomic E-state index is 11.5. The van der Waals surface area contributed by atoms with Gasteiger partial charge in [0.15, 0.2) is 11.5 Å². The van der Waals surface area contributed by atoms with Crippen LogP contribution in [0.5, 0.6) is 5.75 Å². The second kappa shape index (κ2) is 4.30. The van der Waals surface area contributed by atoms with Crippen LogP contribution in [-0.4, -0.2) is 5.78 Å². The molecule has 0 N–H and O–H groups in total. The molecule has 0 aliphatic heterocycles. The van der Waals surface area contributed by atoms with E-state index in [0.717, 1.165) is 24.2 Å². The number of hydrogen-bond donors (Lipinski definition) is 0. The first kappa shape index (κ1) is 9.97. The number of Topliss-reactive ketones (excluding diaryl/α,β-unsaturated/α-hetero) is 1. The number of carbonyl (C=O) groups excluding carboxylic acids is 1. The molecule has 0 atom stereocenters. The van der Waals surface area contributed by atoms with Crippen LogP contribution in [0.25, 0.3) is 0 Å². The highest BCUT2D eigenvalue weighted by atomic mass is 16.5. The number of benzene rings is 1. The predicted octanol–water partition coefficient (Wildman–Crippen LogP) is 3.01. The Balaban J connectivity index is 2.14. The second-order valence-electron chi connectivity index (χ2n) is 3.80. The summed E-state index contributed by atoms with van der Waals surface area (Å²) in [6, 6.07) is 7.74. The quantitative estimate of drug-likeness (QED) is 0.736. The van der Waals surface area contributed by atoms with Crippen LogP contribution in [-0.2, 0) is 4.79 Å². The van der Waals surface area contributed by atoms with E-state index in [1.165, 1.54) is 0 Å². The summed E-state index contributed by atoms with van der Waals surface area (Å²) in [7, 11) is 0. The molecule has 0 heterocycles. The van der Waals surface area contributed by atoms with Crippen molar-refractivity contribution >= 4 is 5.78 Å². The highest BCUT2D eigenvalue weighted by Crippen LogP contribution is 2.20. The summed E-state index contributed by atoms with van der Waals surface area (Å²) in [5, 5.41) is 0. The maximum absolute atomic E-state index is 11.5. The Hall–Kier alpha value is -1.57. The largest absolute Gasteiger partial charge is 0.454 e. The van der Waals surface area contributed by atoms with Gasteiger partial charge in [0.2, 0.25) is 0 Å². The summed E-state index contributed by atoms with van der Waals surface area (Å²) in [6.45, 7) is 2.00. The van der Waals surface area contributed by atoms with Gasteiger partial charge in [-0.2, -0.15) is 0 Å². The van der Waals surface area contributed by atoms with Crippen LogP contribution in [0.2, 0.25) is 0 Å². The summed E-state index contributed by atoms with van der Waals surface area (Å²) in [5.74, 6) is 1.37. The minimum Gasteiger partial charge on any atom is -0.454 e. The van der Waals surface area contributed by atoms with Crippen molar-refractivity contribution in [2.45, 2.75) is 26.2 Å². The second-order valence-corrected chi connectivity index (χ2v) is 3.80. The van der Waals surface area contributed by atoms with Crippen LogP contribution in [0.3, 0.4) is 0 Å². The van der Waals surface area contributed by atoms with Gasteiger partial charge in [-0.3, -0.25) is 4.79 Å². The van der Waals surface area contributed by atoms with Crippen molar-refractivity contribution in [3.8, 4) is 5.75 Å². The molecule has 2 rings (SSSR count). The lowest BCUT2D eigenvalue weighted by Gasteiger charge is -2.12. The van der Waals surface area contributed by atoms with Crippen LogP contribution in [0, 0.1) is 6.92 Å². The van der Waals surface area contributed by atoms with Gasteiger partial charge in [-0.05, 0) is 43.5 Å². The monoisotopic (exact) mass is 202 g/mol. The van der Waals surface area contributed by atoms with E-state index < -0.39 is 0 Å². The Kier molecular flexibility index (Phi) is 2.86. The summed E-state index contributed by atoms with van der Waals surface area (Å²) in [5.41, 5.74) is 1.14. The van der Waals surface area contributed by atoms with E-state index in [9.17, 15) is 4.79 Å². The SMILES string of the molecule is Cc1cccc(OC2=CCCCC2=O)c1. The third kappa shape index (κ3) is 2.46. The van der Waals surface area contributed by atoms with Crippen LogP contribution >= 0.6 is 0 Å². The fourth-order valence-corrected chi connectivity index (χ4v) is 1.64. The van der Waals surface area contributed by atoms with Gasteiger partial charge in [0.25, 0.3) is 0 Å². The lowest BCUT2D eigenvalue weighted by molar-refractivity contribution is -0.118. The number of rotatable bonds is 2. The van der Waals surface area contributed by atoms with Gasteiger partial charge in [0, 0.05) is 6.42 Å². The van der Waals surface area contributed by atoms with Crippen molar-refractivity contribution in [3.05, 3.63) is 41.7 Å². The highest BCUT2D eigenvalue weighted by Gasteiger charge is 2.15. The maximum Gasteiger partial charge on any atom is 0.197 e. The Morgan fingerprint density at radius 1 is 1.33 bits per heavy atom. The van der Waals surface area contributed by atoms with Crippen molar-refractivity contribution < 1.29 is 9.53 Å². The third-order valence-electron chi connectivity index (χ3n) is 2.43. The molecule has 0 fully saturated rings. The van der Waals surface area contributed by atoms with Gasteiger partial charge < -0.3 is 4.74 Å². The summed E-state index contributed by atoms with van der Waals surface area (Å²) in [6.07, 6.45) is 4.37. The fraction of sp³-hybridized carbons (Fsp3) is 0.308. The van der Waals surface area contributed by atoms with E-state index in [-0.39, 0.29) is 5.78 Å². The molecule has 1 aromatic carbocycles. The standard InChI is InChI=1S/C13H14O2/c1-10-5-4-6-11(9-10)15-13-8-3-2-7-12(13)14/h4-6,8-9H,2-3,7H2,1H3. The lowest BCUT2D eigenvalue weighted by atomic mass is 10.1. The molecule has 0 aromatic heterocycles. The topological polar surface area (TPSA) is 26.3 Å². The first-order chi connectivity index (χ1) is 7.25. The Morgan fingerprint density at radius 2 is 2.20 bits per heavy atom. The Bertz CT molecular complexity index is 405. The molecule has 0 spiro atoms. The number of ketones is 1. The van der Waals surface area contributed by atoms with Crippen LogP contribution in [0.4, 0.5) is 0 Å². The van der Waals surface area contributed by atoms with Crippen molar-refractivity contribution in [1.29, 1.82) is 0 Å². The predicted molar refractivity (Wildman–Crippen MR) is 58.7 cm³/mol. The number of hydrogen-bond acceptors (Lipinski definition) is 2. The molecule has 2 nitrogen and oxygen atoms in total. The molecular formula is C13H14O2. The van der Waals surface area contributed by atoms with Gasteiger partial charge in [-0.15, -0.1) is 0 Å². The van der Waals surface area contributed by atoms with Crippen molar-refractivity contribution in [3.63, 3.8) is 0 Å². The van der Waals surface area contributed by atoms with Crippen molar-refractivity contribution in [2.24, 2.45) is 0 Å². The molecule has 0 unspecified atom stereocenters. The number of ether oxygens (including phenoxy) is 1. The zero-order valence-electron chi connectivity index (χ0n) is 8.82. The Morgan fingerprint density at radius 3 is 2.93 bits per heavy atom. The number of aryl methyl sites for hydroxylation is 1. The molecule has 1 aromatic rings. The lowest BCUT2D eigenvalue weighted by Crippen LogP contribution is -2.12. The number of allylic oxidation sites excluding steroid dienone is 2. The molecular weight excluding hydrogens is 188 g/mol. The molecule has 78 valence electrons. The first-order valence-corrected chi connectivity index (χ1v) is 5.23. The van der Waals surface area contributed by atoms with Crippen LogP contribution in [0.1, 0.15) is 24.8 Å². The van der Waals surface area contributed by atoms with Crippen molar-refractivity contribution in [2.75, 3.05) is 0 Å². The van der Waals surface area contributed by atoms with E-state index in [1.807, 2.05) is 37.3 Å². The van der Waals surface area contributed by atoms with Gasteiger partial charge in [0.1, 0.15) is 5.75 Å². The average molecular weight is 202 g/mol. The van der Waals surface area contributed by atoms with Gasteiger partial charge >= 0.3 is 0 Å². The molecule has 1 aliphatic carbocycles. The van der Waals surface area contributed by atoms with Gasteiger partial charge in [0.05, 0.1) is 0 Å². The van der Waals surface area contributed by atoms with Crippen LogP contribution in [0.15, 0.2) is 36.1 Å². The molecule has 0 saturated heterocycles. The highest BCUT2D eigenvalue weighted by molar-refractivity contribution is 5.94. The van der Waals surface area contributed by atoms with E-state index in [0.29, 0.717) is 12.2 Å². The number of carbonyl (C=O) groups is 1. The Labute approximate surface area is 89.6 Å². The molecule has 0 amide bonds. The average Bonchev–Trinajstić information content (AvgIpc) is 2.22. The normalized spacial score (nSPS) is 16.1. The minimum absolute atomic E-state index is 0.114. The molecule has 0 bridgehead atoms. The van der Waals surface area contributed by atoms with E-state index in [2.05, 4.69) is 0 Å². The summed E-state index contributed by atoms with van der Waals surface area (Å²) < 4.78 is 5.56. The summed E-state index contributed by atoms with van der Waals surface area (Å²) in [4.78, 5) is 11.5. The smallest absolute Gasteiger partial charge is 0.197 e. The van der Waals surface area contributed by atoms with Crippen molar-refractivity contribution in [1.82, 2.24) is 0 Å². The molecule has 2 heteroatoms. The minimum atomic E-state index is 0.114. The molecule has 15 heavy (non-hydrogen) atoms. The molecule has 1 aliphatic rings. The molecule has 0 radical (unpaired) electrons. The van der Waals surface area contributed by atoms with Gasteiger partial charge in [-0.25, -0.2) is 0 Å². The zero-order chi connectivity index (χ0) is 10.7. The zero-order valence-corrected chi connectivity index (χ0v) is 8.82. The van der Waals surface area contributed by atoms with Crippen LogP contribution < -0.4 is 4.74 Å².